The molecule has 0 spiro atoms. The van der Waals surface area contributed by atoms with Crippen molar-refractivity contribution >= 4 is 23.2 Å². The fraction of sp³-hybridized carbons (Fsp3) is 0.200. The van der Waals surface area contributed by atoms with Crippen molar-refractivity contribution in [3.63, 3.8) is 0 Å². The molecule has 20 heavy (non-hydrogen) atoms. The highest BCUT2D eigenvalue weighted by Gasteiger charge is 2.21. The molecule has 1 amide bonds. The average molecular weight is 277 g/mol. The molecule has 0 bridgehead atoms. The highest BCUT2D eigenvalue weighted by atomic mass is 16.6. The standard InChI is InChI=1S/C10H11N7O3/c1-11-8-6(4-3-5-7(8)17(19)20)9(18)12-10-13-15-16(2)14-10/h3-5,11H,1-2H3,(H,12,14,18). The Morgan fingerprint density at radius 2 is 2.20 bits per heavy atom. The molecule has 2 aromatic rings. The van der Waals surface area contributed by atoms with Gasteiger partial charge in [-0.2, -0.15) is 4.80 Å². The lowest BCUT2D eigenvalue weighted by Crippen LogP contribution is -2.16. The van der Waals surface area contributed by atoms with Gasteiger partial charge in [0.1, 0.15) is 5.69 Å². The quantitative estimate of drug-likeness (QED) is 0.611. The maximum absolute atomic E-state index is 12.1. The predicted octanol–water partition coefficient (Wildman–Crippen LogP) is 0.412. The highest BCUT2D eigenvalue weighted by molar-refractivity contribution is 6.08. The third kappa shape index (κ3) is 2.53. The van der Waals surface area contributed by atoms with Crippen molar-refractivity contribution in [2.75, 3.05) is 17.7 Å². The number of para-hydroxylation sites is 1. The Morgan fingerprint density at radius 3 is 2.75 bits per heavy atom. The van der Waals surface area contributed by atoms with Gasteiger partial charge in [0.05, 0.1) is 17.5 Å². The molecule has 2 rings (SSSR count). The Morgan fingerprint density at radius 1 is 1.45 bits per heavy atom. The number of aromatic nitrogens is 4. The summed E-state index contributed by atoms with van der Waals surface area (Å²) >= 11 is 0. The monoisotopic (exact) mass is 277 g/mol. The summed E-state index contributed by atoms with van der Waals surface area (Å²) < 4.78 is 0. The van der Waals surface area contributed by atoms with E-state index in [0.717, 1.165) is 0 Å². The summed E-state index contributed by atoms with van der Waals surface area (Å²) in [5.41, 5.74) is 0.0558. The van der Waals surface area contributed by atoms with Crippen LogP contribution < -0.4 is 10.6 Å². The molecular weight excluding hydrogens is 266 g/mol. The molecule has 1 aromatic heterocycles. The van der Waals surface area contributed by atoms with E-state index in [1.807, 2.05) is 0 Å². The van der Waals surface area contributed by atoms with E-state index in [2.05, 4.69) is 26.0 Å². The largest absolute Gasteiger partial charge is 0.382 e. The molecule has 1 aromatic carbocycles. The van der Waals surface area contributed by atoms with Crippen LogP contribution in [0.2, 0.25) is 0 Å². The molecule has 0 aliphatic heterocycles. The molecule has 0 unspecified atom stereocenters. The van der Waals surface area contributed by atoms with Gasteiger partial charge in [0.15, 0.2) is 0 Å². The zero-order valence-electron chi connectivity index (χ0n) is 10.7. The maximum atomic E-state index is 12.1. The SMILES string of the molecule is CNc1c(C(=O)Nc2nnn(C)n2)cccc1[N+](=O)[O-]. The van der Waals surface area contributed by atoms with Crippen LogP contribution in [-0.2, 0) is 7.05 Å². The van der Waals surface area contributed by atoms with Crippen LogP contribution in [0.1, 0.15) is 10.4 Å². The molecule has 0 fully saturated rings. The average Bonchev–Trinajstić information content (AvgIpc) is 2.82. The molecule has 0 aliphatic carbocycles. The molecule has 104 valence electrons. The number of nitrogens with zero attached hydrogens (tertiary/aromatic N) is 5. The number of hydrogen-bond acceptors (Lipinski definition) is 7. The van der Waals surface area contributed by atoms with Crippen molar-refractivity contribution in [1.82, 2.24) is 20.2 Å². The van der Waals surface area contributed by atoms with Gasteiger partial charge in [-0.05, 0) is 11.3 Å². The molecule has 1 heterocycles. The fourth-order valence-corrected chi connectivity index (χ4v) is 1.65. The summed E-state index contributed by atoms with van der Waals surface area (Å²) in [6.07, 6.45) is 0. The summed E-state index contributed by atoms with van der Waals surface area (Å²) in [6, 6.07) is 4.20. The molecular formula is C10H11N7O3. The van der Waals surface area contributed by atoms with E-state index < -0.39 is 10.8 Å². The Labute approximate surface area is 112 Å². The minimum absolute atomic E-state index is 0.0195. The van der Waals surface area contributed by atoms with Gasteiger partial charge < -0.3 is 5.32 Å². The molecule has 10 nitrogen and oxygen atoms in total. The van der Waals surface area contributed by atoms with E-state index in [0.29, 0.717) is 0 Å². The summed E-state index contributed by atoms with van der Waals surface area (Å²) in [4.78, 5) is 23.6. The van der Waals surface area contributed by atoms with E-state index in [4.69, 9.17) is 0 Å². The number of anilines is 2. The van der Waals surface area contributed by atoms with Gasteiger partial charge in [0, 0.05) is 13.1 Å². The van der Waals surface area contributed by atoms with Crippen molar-refractivity contribution in [3.8, 4) is 0 Å². The van der Waals surface area contributed by atoms with Crippen LogP contribution in [0.3, 0.4) is 0 Å². The van der Waals surface area contributed by atoms with Crippen molar-refractivity contribution < 1.29 is 9.72 Å². The van der Waals surface area contributed by atoms with Crippen LogP contribution in [0.5, 0.6) is 0 Å². The molecule has 2 N–H and O–H groups in total. The Bertz CT molecular complexity index is 667. The molecule has 10 heteroatoms. The summed E-state index contributed by atoms with van der Waals surface area (Å²) in [6.45, 7) is 0. The number of aryl methyl sites for hydroxylation is 1. The highest BCUT2D eigenvalue weighted by Crippen LogP contribution is 2.28. The Hall–Kier alpha value is -3.04. The molecule has 0 aliphatic rings. The van der Waals surface area contributed by atoms with Crippen LogP contribution in [-0.4, -0.2) is 38.1 Å². The van der Waals surface area contributed by atoms with Crippen LogP contribution in [0, 0.1) is 10.1 Å². The smallest absolute Gasteiger partial charge is 0.293 e. The number of amides is 1. The predicted molar refractivity (Wildman–Crippen MR) is 69.4 cm³/mol. The van der Waals surface area contributed by atoms with Gasteiger partial charge in [-0.25, -0.2) is 0 Å². The maximum Gasteiger partial charge on any atom is 0.293 e. The third-order valence-corrected chi connectivity index (χ3v) is 2.47. The fourth-order valence-electron chi connectivity index (χ4n) is 1.65. The van der Waals surface area contributed by atoms with Crippen LogP contribution in [0.25, 0.3) is 0 Å². The number of nitro benzene ring substituents is 1. The lowest BCUT2D eigenvalue weighted by atomic mass is 10.1. The summed E-state index contributed by atoms with van der Waals surface area (Å²) in [5, 5.41) is 27.0. The normalized spacial score (nSPS) is 10.1. The first-order valence-corrected chi connectivity index (χ1v) is 5.53. The van der Waals surface area contributed by atoms with Gasteiger partial charge in [0.25, 0.3) is 17.5 Å². The number of rotatable bonds is 4. The van der Waals surface area contributed by atoms with Crippen molar-refractivity contribution in [1.29, 1.82) is 0 Å². The van der Waals surface area contributed by atoms with Crippen LogP contribution >= 0.6 is 0 Å². The Balaban J connectivity index is 2.34. The first kappa shape index (κ1) is 13.4. The lowest BCUT2D eigenvalue weighted by molar-refractivity contribution is -0.384. The van der Waals surface area contributed by atoms with Gasteiger partial charge in [0.2, 0.25) is 0 Å². The van der Waals surface area contributed by atoms with Gasteiger partial charge in [-0.1, -0.05) is 11.2 Å². The van der Waals surface area contributed by atoms with E-state index in [-0.39, 0.29) is 22.9 Å². The topological polar surface area (TPSA) is 128 Å². The number of tetrazole rings is 1. The van der Waals surface area contributed by atoms with Crippen molar-refractivity contribution in [2.24, 2.45) is 7.05 Å². The van der Waals surface area contributed by atoms with E-state index in [1.54, 1.807) is 7.05 Å². The lowest BCUT2D eigenvalue weighted by Gasteiger charge is -2.08. The van der Waals surface area contributed by atoms with Gasteiger partial charge in [-0.15, -0.1) is 5.10 Å². The molecule has 0 radical (unpaired) electrons. The van der Waals surface area contributed by atoms with Crippen LogP contribution in [0.15, 0.2) is 18.2 Å². The number of carbonyl (C=O) groups is 1. The number of nitrogens with one attached hydrogen (secondary N) is 2. The van der Waals surface area contributed by atoms with E-state index >= 15 is 0 Å². The number of hydrogen-bond donors (Lipinski definition) is 2. The summed E-state index contributed by atoms with van der Waals surface area (Å²) in [5.74, 6) is -0.544. The van der Waals surface area contributed by atoms with E-state index in [1.165, 1.54) is 30.0 Å². The first-order valence-electron chi connectivity index (χ1n) is 5.53. The third-order valence-electron chi connectivity index (χ3n) is 2.47. The summed E-state index contributed by atoms with van der Waals surface area (Å²) in [7, 11) is 3.05. The van der Waals surface area contributed by atoms with Crippen molar-refractivity contribution in [2.45, 2.75) is 0 Å². The molecule has 0 atom stereocenters. The minimum Gasteiger partial charge on any atom is -0.382 e. The number of carbonyl (C=O) groups excluding carboxylic acids is 1. The van der Waals surface area contributed by atoms with Crippen LogP contribution in [0.4, 0.5) is 17.3 Å². The number of benzene rings is 1. The first-order chi connectivity index (χ1) is 9.52. The Kier molecular flexibility index (Phi) is 3.55. The van der Waals surface area contributed by atoms with Gasteiger partial charge >= 0.3 is 0 Å². The molecule has 0 saturated heterocycles. The zero-order chi connectivity index (χ0) is 14.7. The second-order valence-electron chi connectivity index (χ2n) is 3.76. The number of nitro groups is 1. The molecule has 0 saturated carbocycles. The second kappa shape index (κ2) is 5.30. The van der Waals surface area contributed by atoms with Gasteiger partial charge in [-0.3, -0.25) is 20.2 Å². The van der Waals surface area contributed by atoms with Crippen molar-refractivity contribution in [3.05, 3.63) is 33.9 Å². The minimum atomic E-state index is -0.566. The second-order valence-corrected chi connectivity index (χ2v) is 3.76. The zero-order valence-corrected chi connectivity index (χ0v) is 10.7. The van der Waals surface area contributed by atoms with E-state index in [9.17, 15) is 14.9 Å².